The van der Waals surface area contributed by atoms with Gasteiger partial charge in [0.15, 0.2) is 0 Å². The Morgan fingerprint density at radius 1 is 0.933 bits per heavy atom. The lowest BCUT2D eigenvalue weighted by Crippen LogP contribution is -2.33. The van der Waals surface area contributed by atoms with E-state index in [9.17, 15) is 9.59 Å². The summed E-state index contributed by atoms with van der Waals surface area (Å²) < 4.78 is 5.86. The van der Waals surface area contributed by atoms with Gasteiger partial charge in [0, 0.05) is 10.6 Å². The normalized spacial score (nSPS) is 14.1. The minimum Gasteiger partial charge on any atom is -0.489 e. The predicted molar refractivity (Wildman–Crippen MR) is 121 cm³/mol. The van der Waals surface area contributed by atoms with Crippen molar-refractivity contribution in [2.24, 2.45) is 0 Å². The molecule has 5 nitrogen and oxygen atoms in total. The van der Waals surface area contributed by atoms with E-state index in [1.54, 1.807) is 18.2 Å². The van der Waals surface area contributed by atoms with E-state index < -0.39 is 5.91 Å². The van der Waals surface area contributed by atoms with Crippen molar-refractivity contribution in [2.45, 2.75) is 26.9 Å². The zero-order valence-corrected chi connectivity index (χ0v) is 17.8. The second-order valence-corrected chi connectivity index (χ2v) is 8.25. The highest BCUT2D eigenvalue weighted by atomic mass is 32.1. The molecule has 2 amide bonds. The van der Waals surface area contributed by atoms with E-state index in [1.807, 2.05) is 68.6 Å². The van der Waals surface area contributed by atoms with Crippen molar-refractivity contribution in [1.29, 1.82) is 0 Å². The zero-order valence-electron chi connectivity index (χ0n) is 17.0. The fourth-order valence-electron chi connectivity index (χ4n) is 3.29. The van der Waals surface area contributed by atoms with Crippen LogP contribution in [0.15, 0.2) is 71.7 Å². The number of benzene rings is 2. The van der Waals surface area contributed by atoms with Gasteiger partial charge in [-0.25, -0.2) is 4.90 Å². The van der Waals surface area contributed by atoms with Crippen LogP contribution in [0.4, 0.5) is 11.4 Å². The topological polar surface area (TPSA) is 58.6 Å². The fraction of sp³-hybridized carbons (Fsp3) is 0.167. The molecule has 0 saturated heterocycles. The molecule has 6 heteroatoms. The Bertz CT molecular complexity index is 1120. The minimum atomic E-state index is -0.399. The number of nitrogens with one attached hydrogen (secondary N) is 1. The van der Waals surface area contributed by atoms with Gasteiger partial charge >= 0.3 is 0 Å². The molecule has 152 valence electrons. The highest BCUT2D eigenvalue weighted by Crippen LogP contribution is 2.39. The molecule has 0 saturated carbocycles. The Morgan fingerprint density at radius 2 is 1.67 bits per heavy atom. The van der Waals surface area contributed by atoms with Gasteiger partial charge in [-0.15, -0.1) is 11.3 Å². The number of amides is 2. The number of nitrogens with zero attached hydrogens (tertiary/aromatic N) is 1. The van der Waals surface area contributed by atoms with Crippen molar-refractivity contribution in [2.75, 3.05) is 10.2 Å². The highest BCUT2D eigenvalue weighted by Gasteiger charge is 2.41. The molecule has 1 N–H and O–H groups in total. The SMILES string of the molecule is Cc1ccc(NC2=C(c3cccs3)C(=O)N(c3ccccc3OC(C)C)C2=O)cc1. The summed E-state index contributed by atoms with van der Waals surface area (Å²) in [5.41, 5.74) is 2.94. The summed E-state index contributed by atoms with van der Waals surface area (Å²) in [5, 5.41) is 5.07. The predicted octanol–water partition coefficient (Wildman–Crippen LogP) is 5.24. The van der Waals surface area contributed by atoms with Crippen LogP contribution in [0.3, 0.4) is 0 Å². The first-order valence-electron chi connectivity index (χ1n) is 9.72. The third-order valence-electron chi connectivity index (χ3n) is 4.64. The molecule has 30 heavy (non-hydrogen) atoms. The Balaban J connectivity index is 1.79. The summed E-state index contributed by atoms with van der Waals surface area (Å²) in [6, 6.07) is 18.5. The molecular weight excluding hydrogens is 396 g/mol. The van der Waals surface area contributed by atoms with Crippen LogP contribution in [0.25, 0.3) is 5.57 Å². The molecule has 0 aliphatic carbocycles. The highest BCUT2D eigenvalue weighted by molar-refractivity contribution is 7.11. The molecule has 3 aromatic rings. The van der Waals surface area contributed by atoms with Gasteiger partial charge in [0.05, 0.1) is 17.4 Å². The number of hydrogen-bond acceptors (Lipinski definition) is 5. The van der Waals surface area contributed by atoms with Crippen LogP contribution in [-0.2, 0) is 9.59 Å². The molecular formula is C24H22N2O3S. The van der Waals surface area contributed by atoms with Gasteiger partial charge in [0.25, 0.3) is 11.8 Å². The van der Waals surface area contributed by atoms with E-state index in [0.717, 1.165) is 16.1 Å². The molecule has 0 bridgehead atoms. The van der Waals surface area contributed by atoms with E-state index in [-0.39, 0.29) is 17.7 Å². The Labute approximate surface area is 179 Å². The quantitative estimate of drug-likeness (QED) is 0.556. The number of carbonyl (C=O) groups excluding carboxylic acids is 2. The summed E-state index contributed by atoms with van der Waals surface area (Å²) in [5.74, 6) is -0.267. The molecule has 2 aromatic carbocycles. The van der Waals surface area contributed by atoms with Crippen molar-refractivity contribution < 1.29 is 14.3 Å². The van der Waals surface area contributed by atoms with Gasteiger partial charge in [0.2, 0.25) is 0 Å². The van der Waals surface area contributed by atoms with Crippen LogP contribution in [0, 0.1) is 6.92 Å². The lowest BCUT2D eigenvalue weighted by molar-refractivity contribution is -0.120. The van der Waals surface area contributed by atoms with Crippen molar-refractivity contribution >= 4 is 40.1 Å². The smallest absolute Gasteiger partial charge is 0.282 e. The molecule has 0 spiro atoms. The van der Waals surface area contributed by atoms with Crippen molar-refractivity contribution in [3.63, 3.8) is 0 Å². The number of thiophene rings is 1. The van der Waals surface area contributed by atoms with Gasteiger partial charge in [-0.3, -0.25) is 9.59 Å². The molecule has 0 radical (unpaired) electrons. The maximum absolute atomic E-state index is 13.5. The average Bonchev–Trinajstić information content (AvgIpc) is 3.31. The van der Waals surface area contributed by atoms with Crippen molar-refractivity contribution in [1.82, 2.24) is 0 Å². The molecule has 1 aliphatic rings. The molecule has 0 atom stereocenters. The average molecular weight is 419 g/mol. The standard InChI is InChI=1S/C24H22N2O3S/c1-15(2)29-19-8-5-4-7-18(19)26-23(27)21(20-9-6-14-30-20)22(24(26)28)25-17-12-10-16(3)11-13-17/h4-15,25H,1-3H3. The molecule has 2 heterocycles. The summed E-state index contributed by atoms with van der Waals surface area (Å²) in [7, 11) is 0. The van der Waals surface area contributed by atoms with Gasteiger partial charge in [-0.05, 0) is 56.5 Å². The number of hydrogen-bond donors (Lipinski definition) is 1. The van der Waals surface area contributed by atoms with Crippen LogP contribution in [0.2, 0.25) is 0 Å². The van der Waals surface area contributed by atoms with Gasteiger partial charge in [0.1, 0.15) is 11.4 Å². The van der Waals surface area contributed by atoms with E-state index >= 15 is 0 Å². The lowest BCUT2D eigenvalue weighted by Gasteiger charge is -2.20. The lowest BCUT2D eigenvalue weighted by atomic mass is 10.1. The number of para-hydroxylation sites is 2. The molecule has 1 aromatic heterocycles. The first-order chi connectivity index (χ1) is 14.5. The summed E-state index contributed by atoms with van der Waals surface area (Å²) in [4.78, 5) is 28.9. The largest absolute Gasteiger partial charge is 0.489 e. The Morgan fingerprint density at radius 3 is 2.33 bits per heavy atom. The third-order valence-corrected chi connectivity index (χ3v) is 5.53. The number of aryl methyl sites for hydroxylation is 1. The number of carbonyl (C=O) groups is 2. The zero-order chi connectivity index (χ0) is 21.3. The number of rotatable bonds is 6. The second-order valence-electron chi connectivity index (χ2n) is 7.30. The van der Waals surface area contributed by atoms with Crippen LogP contribution in [0.1, 0.15) is 24.3 Å². The van der Waals surface area contributed by atoms with Crippen molar-refractivity contribution in [3.05, 3.63) is 82.2 Å². The maximum Gasteiger partial charge on any atom is 0.282 e. The second kappa shape index (κ2) is 8.16. The van der Waals surface area contributed by atoms with Gasteiger partial charge in [-0.1, -0.05) is 35.9 Å². The van der Waals surface area contributed by atoms with Crippen LogP contribution >= 0.6 is 11.3 Å². The molecule has 1 aliphatic heterocycles. The van der Waals surface area contributed by atoms with Crippen LogP contribution in [-0.4, -0.2) is 17.9 Å². The molecule has 4 rings (SSSR count). The third kappa shape index (κ3) is 3.74. The van der Waals surface area contributed by atoms with E-state index in [4.69, 9.17) is 4.74 Å². The summed E-state index contributed by atoms with van der Waals surface area (Å²) in [6.45, 7) is 5.81. The summed E-state index contributed by atoms with van der Waals surface area (Å²) >= 11 is 1.43. The molecule has 0 unspecified atom stereocenters. The van der Waals surface area contributed by atoms with E-state index in [1.165, 1.54) is 16.2 Å². The maximum atomic E-state index is 13.5. The number of imide groups is 1. The van der Waals surface area contributed by atoms with Gasteiger partial charge in [-0.2, -0.15) is 0 Å². The van der Waals surface area contributed by atoms with Crippen LogP contribution in [0.5, 0.6) is 5.75 Å². The molecule has 0 fully saturated rings. The van der Waals surface area contributed by atoms with Crippen molar-refractivity contribution in [3.8, 4) is 5.75 Å². The van der Waals surface area contributed by atoms with Crippen LogP contribution < -0.4 is 15.0 Å². The first kappa shape index (κ1) is 19.9. The Kier molecular flexibility index (Phi) is 5.42. The van der Waals surface area contributed by atoms with E-state index in [0.29, 0.717) is 17.0 Å². The van der Waals surface area contributed by atoms with E-state index in [2.05, 4.69) is 5.32 Å². The number of ether oxygens (including phenoxy) is 1. The first-order valence-corrected chi connectivity index (χ1v) is 10.6. The minimum absolute atomic E-state index is 0.0890. The Hall–Kier alpha value is -3.38. The summed E-state index contributed by atoms with van der Waals surface area (Å²) in [6.07, 6.45) is -0.0890. The monoisotopic (exact) mass is 418 g/mol. The number of anilines is 2. The fourth-order valence-corrected chi connectivity index (χ4v) is 4.06. The van der Waals surface area contributed by atoms with Gasteiger partial charge < -0.3 is 10.1 Å².